The predicted octanol–water partition coefficient (Wildman–Crippen LogP) is 2.59. The van der Waals surface area contributed by atoms with Gasteiger partial charge in [-0.2, -0.15) is 0 Å². The maximum Gasteiger partial charge on any atom is 0.251 e. The minimum atomic E-state index is -0.473. The van der Waals surface area contributed by atoms with Crippen LogP contribution in [0.15, 0.2) is 46.2 Å². The molecule has 1 aliphatic heterocycles. The highest BCUT2D eigenvalue weighted by atomic mass is 19.1. The lowest BCUT2D eigenvalue weighted by atomic mass is 10.2. The van der Waals surface area contributed by atoms with Crippen LogP contribution in [0.2, 0.25) is 0 Å². The molecule has 1 N–H and O–H groups in total. The summed E-state index contributed by atoms with van der Waals surface area (Å²) in [6.45, 7) is 4.80. The number of aromatic amines is 1. The first-order valence-electron chi connectivity index (χ1n) is 9.86. The maximum absolute atomic E-state index is 13.4. The number of halogens is 2. The molecule has 0 atom stereocenters. The Bertz CT molecular complexity index is 1410. The number of fused-ring (bicyclic) bond motifs is 2. The van der Waals surface area contributed by atoms with Crippen molar-refractivity contribution < 1.29 is 18.3 Å². The Kier molecular flexibility index (Phi) is 6.06. The Morgan fingerprint density at radius 3 is 2.31 bits per heavy atom. The van der Waals surface area contributed by atoms with E-state index in [1.54, 1.807) is 13.8 Å². The minimum Gasteiger partial charge on any atom is -0.348 e. The van der Waals surface area contributed by atoms with E-state index in [-0.39, 0.29) is 17.7 Å². The van der Waals surface area contributed by atoms with Crippen LogP contribution < -0.4 is 11.1 Å². The molecule has 1 aliphatic rings. The Labute approximate surface area is 180 Å². The Morgan fingerprint density at radius 1 is 0.969 bits per heavy atom. The molecule has 0 bridgehead atoms. The number of nitrogens with zero attached hydrogens (tertiary/aromatic N) is 3. The van der Waals surface area contributed by atoms with E-state index >= 15 is 0 Å². The van der Waals surface area contributed by atoms with E-state index in [1.807, 2.05) is 0 Å². The van der Waals surface area contributed by atoms with E-state index in [1.165, 1.54) is 28.8 Å². The predicted molar refractivity (Wildman–Crippen MR) is 113 cm³/mol. The Hall–Kier alpha value is -3.50. The molecule has 32 heavy (non-hydrogen) atoms. The van der Waals surface area contributed by atoms with Gasteiger partial charge in [0.2, 0.25) is 5.56 Å². The number of aryl methyl sites for hydroxylation is 2. The van der Waals surface area contributed by atoms with E-state index in [0.29, 0.717) is 35.3 Å². The standard InChI is InChI=1S/C13H13FN2O3.C9H7FN2O/c1-8-4-11(17)16(7-12-18-2-3-19-12)10-5-9(14)6-15-13(8)10;1-5-2-8(13)12-7-3-6(10)4-11-9(5)7/h4-6,12H,2-3,7H2,1H3;2-4H,1H3,(H,12,13). The Morgan fingerprint density at radius 2 is 1.59 bits per heavy atom. The molecule has 1 fully saturated rings. The van der Waals surface area contributed by atoms with Crippen molar-refractivity contribution in [3.63, 3.8) is 0 Å². The van der Waals surface area contributed by atoms with Crippen LogP contribution in [-0.4, -0.2) is 39.0 Å². The highest BCUT2D eigenvalue weighted by Gasteiger charge is 2.19. The first-order chi connectivity index (χ1) is 15.3. The van der Waals surface area contributed by atoms with Gasteiger partial charge in [-0.1, -0.05) is 0 Å². The molecule has 0 saturated carbocycles. The quantitative estimate of drug-likeness (QED) is 0.512. The van der Waals surface area contributed by atoms with E-state index in [4.69, 9.17) is 9.47 Å². The van der Waals surface area contributed by atoms with Gasteiger partial charge in [0.15, 0.2) is 6.29 Å². The van der Waals surface area contributed by atoms with Crippen molar-refractivity contribution in [3.05, 3.63) is 80.1 Å². The van der Waals surface area contributed by atoms with E-state index < -0.39 is 17.9 Å². The van der Waals surface area contributed by atoms with Crippen molar-refractivity contribution >= 4 is 22.1 Å². The van der Waals surface area contributed by atoms with Crippen molar-refractivity contribution in [2.45, 2.75) is 26.7 Å². The van der Waals surface area contributed by atoms with Gasteiger partial charge in [0.1, 0.15) is 11.6 Å². The number of rotatable bonds is 2. The van der Waals surface area contributed by atoms with Crippen molar-refractivity contribution in [1.82, 2.24) is 19.5 Å². The smallest absolute Gasteiger partial charge is 0.251 e. The number of hydrogen-bond acceptors (Lipinski definition) is 6. The molecule has 5 rings (SSSR count). The number of H-pyrrole nitrogens is 1. The molecule has 1 saturated heterocycles. The van der Waals surface area contributed by atoms with Gasteiger partial charge < -0.3 is 19.0 Å². The first kappa shape index (κ1) is 21.7. The fraction of sp³-hybridized carbons (Fsp3) is 0.273. The third-order valence-electron chi connectivity index (χ3n) is 4.96. The van der Waals surface area contributed by atoms with E-state index in [0.717, 1.165) is 23.5 Å². The van der Waals surface area contributed by atoms with Crippen molar-refractivity contribution in [2.24, 2.45) is 0 Å². The number of pyridine rings is 4. The fourth-order valence-corrected chi connectivity index (χ4v) is 3.52. The second-order valence-electron chi connectivity index (χ2n) is 7.33. The Balaban J connectivity index is 0.000000165. The molecule has 10 heteroatoms. The summed E-state index contributed by atoms with van der Waals surface area (Å²) in [6, 6.07) is 5.50. The summed E-state index contributed by atoms with van der Waals surface area (Å²) in [5, 5.41) is 0. The second kappa shape index (κ2) is 8.93. The van der Waals surface area contributed by atoms with Crippen molar-refractivity contribution in [1.29, 1.82) is 0 Å². The topological polar surface area (TPSA) is 99.1 Å². The molecule has 5 heterocycles. The summed E-state index contributed by atoms with van der Waals surface area (Å²) in [4.78, 5) is 33.5. The second-order valence-corrected chi connectivity index (χ2v) is 7.33. The minimum absolute atomic E-state index is 0.212. The summed E-state index contributed by atoms with van der Waals surface area (Å²) in [5.41, 5.74) is 3.16. The molecule has 166 valence electrons. The van der Waals surface area contributed by atoms with Crippen molar-refractivity contribution in [3.8, 4) is 0 Å². The van der Waals surface area contributed by atoms with Crippen LogP contribution >= 0.6 is 0 Å². The average Bonchev–Trinajstić information content (AvgIpc) is 3.24. The van der Waals surface area contributed by atoms with Gasteiger partial charge in [-0.3, -0.25) is 19.6 Å². The molecule has 4 aromatic heterocycles. The van der Waals surface area contributed by atoms with Crippen LogP contribution in [0.1, 0.15) is 11.1 Å². The molecule has 0 aromatic carbocycles. The maximum atomic E-state index is 13.4. The number of ether oxygens (including phenoxy) is 2. The van der Waals surface area contributed by atoms with Gasteiger partial charge in [0.05, 0.1) is 54.2 Å². The SMILES string of the molecule is Cc1cc(=O)[nH]c2cc(F)cnc12.Cc1cc(=O)n(CC2OCCO2)c2cc(F)cnc12. The zero-order valence-electron chi connectivity index (χ0n) is 17.4. The van der Waals surface area contributed by atoms with Crippen LogP contribution in [-0.2, 0) is 16.0 Å². The van der Waals surface area contributed by atoms with Gasteiger partial charge in [0, 0.05) is 24.3 Å². The monoisotopic (exact) mass is 442 g/mol. The normalized spacial score (nSPS) is 14.0. The summed E-state index contributed by atoms with van der Waals surface area (Å²) in [7, 11) is 0. The van der Waals surface area contributed by atoms with Gasteiger partial charge in [-0.05, 0) is 25.0 Å². The number of nitrogens with one attached hydrogen (secondary N) is 1. The molecule has 0 unspecified atom stereocenters. The number of aromatic nitrogens is 4. The van der Waals surface area contributed by atoms with Crippen LogP contribution in [0, 0.1) is 25.5 Å². The molecule has 0 aliphatic carbocycles. The summed E-state index contributed by atoms with van der Waals surface area (Å²) in [5.74, 6) is -0.923. The van der Waals surface area contributed by atoms with Crippen molar-refractivity contribution in [2.75, 3.05) is 13.2 Å². The number of hydrogen-bond donors (Lipinski definition) is 1. The van der Waals surface area contributed by atoms with Crippen LogP contribution in [0.25, 0.3) is 22.1 Å². The zero-order chi connectivity index (χ0) is 22.8. The average molecular weight is 442 g/mol. The van der Waals surface area contributed by atoms with E-state index in [9.17, 15) is 18.4 Å². The van der Waals surface area contributed by atoms with Crippen LogP contribution in [0.3, 0.4) is 0 Å². The zero-order valence-corrected chi connectivity index (χ0v) is 17.4. The summed E-state index contributed by atoms with van der Waals surface area (Å²) in [6.07, 6.45) is 1.81. The fourth-order valence-electron chi connectivity index (χ4n) is 3.52. The molecule has 4 aromatic rings. The lowest BCUT2D eigenvalue weighted by Gasteiger charge is -2.14. The molecular weight excluding hydrogens is 422 g/mol. The molecule has 0 amide bonds. The first-order valence-corrected chi connectivity index (χ1v) is 9.86. The van der Waals surface area contributed by atoms with Gasteiger partial charge in [-0.25, -0.2) is 8.78 Å². The largest absolute Gasteiger partial charge is 0.348 e. The highest BCUT2D eigenvalue weighted by Crippen LogP contribution is 2.17. The van der Waals surface area contributed by atoms with Gasteiger partial charge in [-0.15, -0.1) is 0 Å². The van der Waals surface area contributed by atoms with E-state index in [2.05, 4.69) is 15.0 Å². The highest BCUT2D eigenvalue weighted by molar-refractivity contribution is 5.78. The lowest BCUT2D eigenvalue weighted by Crippen LogP contribution is -2.27. The summed E-state index contributed by atoms with van der Waals surface area (Å²) < 4.78 is 38.2. The van der Waals surface area contributed by atoms with Crippen LogP contribution in [0.4, 0.5) is 8.78 Å². The van der Waals surface area contributed by atoms with Gasteiger partial charge in [0.25, 0.3) is 5.56 Å². The lowest BCUT2D eigenvalue weighted by molar-refractivity contribution is -0.0522. The van der Waals surface area contributed by atoms with Crippen LogP contribution in [0.5, 0.6) is 0 Å². The third-order valence-corrected chi connectivity index (χ3v) is 4.96. The van der Waals surface area contributed by atoms with Gasteiger partial charge >= 0.3 is 0 Å². The summed E-state index contributed by atoms with van der Waals surface area (Å²) >= 11 is 0. The molecule has 0 radical (unpaired) electrons. The molecular formula is C22H20F2N4O4. The molecule has 0 spiro atoms. The third kappa shape index (κ3) is 4.56. The molecule has 8 nitrogen and oxygen atoms in total.